The van der Waals surface area contributed by atoms with Gasteiger partial charge in [-0.15, -0.1) is 11.3 Å². The quantitative estimate of drug-likeness (QED) is 0.855. The minimum atomic E-state index is -0.422. The van der Waals surface area contributed by atoms with E-state index in [4.69, 9.17) is 4.52 Å². The Bertz CT molecular complexity index is 562. The third-order valence-electron chi connectivity index (χ3n) is 2.27. The van der Waals surface area contributed by atoms with Gasteiger partial charge in [0.05, 0.1) is 13.7 Å². The number of methoxy groups -OCH3 is 1. The van der Waals surface area contributed by atoms with E-state index in [1.165, 1.54) is 18.4 Å². The zero-order valence-corrected chi connectivity index (χ0v) is 11.1. The lowest BCUT2D eigenvalue weighted by atomic mass is 10.4. The molecule has 1 N–H and O–H groups in total. The largest absolute Gasteiger partial charge is 0.464 e. The first kappa shape index (κ1) is 12.6. The first-order valence-corrected chi connectivity index (χ1v) is 6.13. The second kappa shape index (κ2) is 5.18. The molecule has 2 aromatic rings. The van der Waals surface area contributed by atoms with Crippen LogP contribution < -0.4 is 5.32 Å². The van der Waals surface area contributed by atoms with E-state index in [9.17, 15) is 4.79 Å². The van der Waals surface area contributed by atoms with Crippen LogP contribution in [0.25, 0.3) is 0 Å². The van der Waals surface area contributed by atoms with E-state index < -0.39 is 5.97 Å². The van der Waals surface area contributed by atoms with E-state index in [0.717, 1.165) is 16.3 Å². The average molecular weight is 267 g/mol. The van der Waals surface area contributed by atoms with Crippen LogP contribution in [0.4, 0.5) is 5.13 Å². The molecule has 0 radical (unpaired) electrons. The van der Waals surface area contributed by atoms with E-state index in [-0.39, 0.29) is 0 Å². The van der Waals surface area contributed by atoms with Gasteiger partial charge in [0.1, 0.15) is 11.5 Å². The summed E-state index contributed by atoms with van der Waals surface area (Å²) in [5.74, 6) is 0.339. The molecule has 0 bridgehead atoms. The Balaban J connectivity index is 2.04. The fraction of sp³-hybridized carbons (Fsp3) is 0.364. The van der Waals surface area contributed by atoms with E-state index >= 15 is 0 Å². The first-order chi connectivity index (χ1) is 8.60. The molecule has 0 fully saturated rings. The number of anilines is 1. The van der Waals surface area contributed by atoms with Crippen molar-refractivity contribution in [1.82, 2.24) is 10.1 Å². The van der Waals surface area contributed by atoms with Crippen LogP contribution >= 0.6 is 11.3 Å². The lowest BCUT2D eigenvalue weighted by Crippen LogP contribution is -2.04. The van der Waals surface area contributed by atoms with E-state index in [1.54, 1.807) is 0 Å². The standard InChI is InChI=1S/C11H13N3O3S/c1-6-4-8(14-17-6)5-12-11-13-9(7(2)18-11)10(15)16-3/h4H,5H2,1-3H3,(H,12,13). The molecule has 7 heteroatoms. The van der Waals surface area contributed by atoms with Gasteiger partial charge in [0.2, 0.25) is 0 Å². The summed E-state index contributed by atoms with van der Waals surface area (Å²) >= 11 is 1.40. The van der Waals surface area contributed by atoms with Crippen molar-refractivity contribution in [3.05, 3.63) is 28.1 Å². The van der Waals surface area contributed by atoms with Gasteiger partial charge in [0.15, 0.2) is 10.8 Å². The van der Waals surface area contributed by atoms with Crippen molar-refractivity contribution in [2.45, 2.75) is 20.4 Å². The van der Waals surface area contributed by atoms with E-state index in [2.05, 4.69) is 20.2 Å². The summed E-state index contributed by atoms with van der Waals surface area (Å²) in [4.78, 5) is 16.4. The topological polar surface area (TPSA) is 77.2 Å². The highest BCUT2D eigenvalue weighted by atomic mass is 32.1. The number of ether oxygens (including phenoxy) is 1. The number of hydrogen-bond donors (Lipinski definition) is 1. The predicted molar refractivity (Wildman–Crippen MR) is 66.8 cm³/mol. The number of rotatable bonds is 4. The number of aromatic nitrogens is 2. The number of hydrogen-bond acceptors (Lipinski definition) is 7. The number of esters is 1. The third-order valence-corrected chi connectivity index (χ3v) is 3.20. The first-order valence-electron chi connectivity index (χ1n) is 5.32. The Kier molecular flexibility index (Phi) is 3.61. The number of carbonyl (C=O) groups is 1. The predicted octanol–water partition coefficient (Wildman–Crippen LogP) is 2.15. The molecule has 0 atom stereocenters. The molecule has 0 amide bonds. The lowest BCUT2D eigenvalue weighted by molar-refractivity contribution is 0.0594. The van der Waals surface area contributed by atoms with Gasteiger partial charge in [0.25, 0.3) is 0 Å². The monoisotopic (exact) mass is 267 g/mol. The number of aryl methyl sites for hydroxylation is 2. The van der Waals surface area contributed by atoms with E-state index in [1.807, 2.05) is 19.9 Å². The summed E-state index contributed by atoms with van der Waals surface area (Å²) in [5, 5.41) is 7.61. The maximum absolute atomic E-state index is 11.4. The van der Waals surface area contributed by atoms with Gasteiger partial charge in [-0.2, -0.15) is 0 Å². The summed E-state index contributed by atoms with van der Waals surface area (Å²) < 4.78 is 9.60. The van der Waals surface area contributed by atoms with Gasteiger partial charge in [-0.1, -0.05) is 5.16 Å². The molecule has 2 heterocycles. The molecule has 0 aliphatic rings. The Morgan fingerprint density at radius 1 is 1.56 bits per heavy atom. The van der Waals surface area contributed by atoms with Gasteiger partial charge < -0.3 is 14.6 Å². The van der Waals surface area contributed by atoms with Crippen molar-refractivity contribution in [3.8, 4) is 0 Å². The zero-order chi connectivity index (χ0) is 13.1. The van der Waals surface area contributed by atoms with Gasteiger partial charge in [-0.05, 0) is 13.8 Å². The molecule has 0 spiro atoms. The van der Waals surface area contributed by atoms with Crippen molar-refractivity contribution in [3.63, 3.8) is 0 Å². The number of carbonyl (C=O) groups excluding carboxylic acids is 1. The second-order valence-electron chi connectivity index (χ2n) is 3.70. The van der Waals surface area contributed by atoms with Crippen molar-refractivity contribution < 1.29 is 14.1 Å². The fourth-order valence-electron chi connectivity index (χ4n) is 1.43. The van der Waals surface area contributed by atoms with Gasteiger partial charge in [0, 0.05) is 10.9 Å². The molecule has 0 aromatic carbocycles. The minimum absolute atomic E-state index is 0.348. The molecule has 2 aromatic heterocycles. The maximum atomic E-state index is 11.4. The Morgan fingerprint density at radius 3 is 2.94 bits per heavy atom. The molecule has 6 nitrogen and oxygen atoms in total. The van der Waals surface area contributed by atoms with Crippen molar-refractivity contribution in [2.75, 3.05) is 12.4 Å². The Labute approximate surface area is 108 Å². The van der Waals surface area contributed by atoms with Crippen LogP contribution in [0.5, 0.6) is 0 Å². The van der Waals surface area contributed by atoms with Gasteiger partial charge in [-0.25, -0.2) is 9.78 Å². The highest BCUT2D eigenvalue weighted by Gasteiger charge is 2.15. The fourth-order valence-corrected chi connectivity index (χ4v) is 2.22. The molecule has 0 saturated carbocycles. The SMILES string of the molecule is COC(=O)c1nc(NCc2cc(C)on2)sc1C. The van der Waals surface area contributed by atoms with E-state index in [0.29, 0.717) is 17.4 Å². The average Bonchev–Trinajstić information content (AvgIpc) is 2.92. The summed E-state index contributed by atoms with van der Waals surface area (Å²) in [6.07, 6.45) is 0. The van der Waals surface area contributed by atoms with Gasteiger partial charge >= 0.3 is 5.97 Å². The number of nitrogens with one attached hydrogen (secondary N) is 1. The molecule has 0 unspecified atom stereocenters. The lowest BCUT2D eigenvalue weighted by Gasteiger charge is -1.97. The molecular weight excluding hydrogens is 254 g/mol. The summed E-state index contributed by atoms with van der Waals surface area (Å²) in [5.41, 5.74) is 1.14. The highest BCUT2D eigenvalue weighted by Crippen LogP contribution is 2.23. The summed E-state index contributed by atoms with van der Waals surface area (Å²) in [7, 11) is 1.34. The van der Waals surface area contributed by atoms with Gasteiger partial charge in [-0.3, -0.25) is 0 Å². The van der Waals surface area contributed by atoms with Crippen LogP contribution in [0, 0.1) is 13.8 Å². The maximum Gasteiger partial charge on any atom is 0.357 e. The normalized spacial score (nSPS) is 10.4. The van der Waals surface area contributed by atoms with Crippen LogP contribution in [0.2, 0.25) is 0 Å². The molecule has 96 valence electrons. The number of nitrogens with zero attached hydrogens (tertiary/aromatic N) is 2. The molecule has 0 aliphatic heterocycles. The smallest absolute Gasteiger partial charge is 0.357 e. The van der Waals surface area contributed by atoms with Crippen LogP contribution in [-0.2, 0) is 11.3 Å². The van der Waals surface area contributed by atoms with Crippen LogP contribution in [0.15, 0.2) is 10.6 Å². The Hall–Kier alpha value is -1.89. The van der Waals surface area contributed by atoms with Crippen molar-refractivity contribution in [2.24, 2.45) is 0 Å². The molecule has 0 saturated heterocycles. The third kappa shape index (κ3) is 2.67. The molecule has 0 aliphatic carbocycles. The number of thiazole rings is 1. The molecule has 2 rings (SSSR count). The van der Waals surface area contributed by atoms with Crippen molar-refractivity contribution in [1.29, 1.82) is 0 Å². The second-order valence-corrected chi connectivity index (χ2v) is 4.90. The molecule has 18 heavy (non-hydrogen) atoms. The summed E-state index contributed by atoms with van der Waals surface area (Å²) in [6, 6.07) is 1.84. The van der Waals surface area contributed by atoms with Crippen LogP contribution in [0.1, 0.15) is 26.8 Å². The summed E-state index contributed by atoms with van der Waals surface area (Å²) in [6.45, 7) is 4.17. The molecular formula is C11H13N3O3S. The van der Waals surface area contributed by atoms with Crippen LogP contribution in [0.3, 0.4) is 0 Å². The van der Waals surface area contributed by atoms with Crippen molar-refractivity contribution >= 4 is 22.4 Å². The zero-order valence-electron chi connectivity index (χ0n) is 10.3. The van der Waals surface area contributed by atoms with Crippen LogP contribution in [-0.4, -0.2) is 23.2 Å². The highest BCUT2D eigenvalue weighted by molar-refractivity contribution is 7.15. The minimum Gasteiger partial charge on any atom is -0.464 e. The Morgan fingerprint density at radius 2 is 2.33 bits per heavy atom.